The van der Waals surface area contributed by atoms with Gasteiger partial charge in [0.2, 0.25) is 0 Å². The predicted octanol–water partition coefficient (Wildman–Crippen LogP) is 6.21. The van der Waals surface area contributed by atoms with E-state index in [9.17, 15) is 4.79 Å². The fourth-order valence-electron chi connectivity index (χ4n) is 3.92. The maximum atomic E-state index is 13.2. The topological polar surface area (TPSA) is 35.6 Å². The van der Waals surface area contributed by atoms with Gasteiger partial charge in [0.1, 0.15) is 0 Å². The minimum atomic E-state index is 0.00379. The van der Waals surface area contributed by atoms with Gasteiger partial charge < -0.3 is 15.1 Å². The molecule has 32 heavy (non-hydrogen) atoms. The average molecular weight is 438 g/mol. The minimum Gasteiger partial charge on any atom is -0.334 e. The van der Waals surface area contributed by atoms with Gasteiger partial charge in [-0.1, -0.05) is 89.2 Å². The van der Waals surface area contributed by atoms with Gasteiger partial charge in [0, 0.05) is 19.1 Å². The molecule has 0 radical (unpaired) electrons. The van der Waals surface area contributed by atoms with Crippen LogP contribution in [0.2, 0.25) is 0 Å². The summed E-state index contributed by atoms with van der Waals surface area (Å²) in [5.41, 5.74) is 3.73. The molecule has 0 aromatic heterocycles. The Morgan fingerprint density at radius 3 is 2.12 bits per heavy atom. The molecule has 2 aromatic rings. The van der Waals surface area contributed by atoms with Crippen LogP contribution in [0.1, 0.15) is 71.1 Å². The molecular formula is C28H43N3O. The normalized spacial score (nSPS) is 12.6. The standard InChI is InChI=1S/C28H43N3O/c1-7-30(8-2)20-12-13-23(3)31(27(32)29-21-24-14-10-9-11-15-24)22-25-16-18-26(19-17-25)28(4,5)6/h9-11,14-19,23H,7-8,12-13,20-22H2,1-6H3,(H,29,32). The average Bonchev–Trinajstić information content (AvgIpc) is 2.79. The van der Waals surface area contributed by atoms with E-state index in [1.54, 1.807) is 0 Å². The molecule has 1 unspecified atom stereocenters. The molecule has 2 aromatic carbocycles. The fraction of sp³-hybridized carbons (Fsp3) is 0.536. The van der Waals surface area contributed by atoms with Gasteiger partial charge in [-0.15, -0.1) is 0 Å². The summed E-state index contributed by atoms with van der Waals surface area (Å²) in [6.07, 6.45) is 2.09. The number of hydrogen-bond acceptors (Lipinski definition) is 2. The van der Waals surface area contributed by atoms with Gasteiger partial charge in [-0.2, -0.15) is 0 Å². The van der Waals surface area contributed by atoms with Crippen molar-refractivity contribution in [3.05, 3.63) is 71.3 Å². The van der Waals surface area contributed by atoms with Crippen LogP contribution in [-0.2, 0) is 18.5 Å². The third kappa shape index (κ3) is 8.31. The van der Waals surface area contributed by atoms with Crippen molar-refractivity contribution in [3.63, 3.8) is 0 Å². The smallest absolute Gasteiger partial charge is 0.318 e. The second-order valence-corrected chi connectivity index (χ2v) is 9.74. The highest BCUT2D eigenvalue weighted by Gasteiger charge is 2.21. The summed E-state index contributed by atoms with van der Waals surface area (Å²) < 4.78 is 0. The highest BCUT2D eigenvalue weighted by atomic mass is 16.2. The zero-order valence-corrected chi connectivity index (χ0v) is 21.0. The van der Waals surface area contributed by atoms with Crippen molar-refractivity contribution in [2.75, 3.05) is 19.6 Å². The van der Waals surface area contributed by atoms with Crippen LogP contribution in [0, 0.1) is 0 Å². The molecular weight excluding hydrogens is 394 g/mol. The largest absolute Gasteiger partial charge is 0.334 e. The van der Waals surface area contributed by atoms with E-state index >= 15 is 0 Å². The van der Waals surface area contributed by atoms with E-state index in [1.165, 1.54) is 11.1 Å². The second kappa shape index (κ2) is 12.6. The Morgan fingerprint density at radius 1 is 0.938 bits per heavy atom. The summed E-state index contributed by atoms with van der Waals surface area (Å²) in [6.45, 7) is 17.7. The van der Waals surface area contributed by atoms with Gasteiger partial charge in [-0.05, 0) is 61.5 Å². The number of carbonyl (C=O) groups excluding carboxylic acids is 1. The van der Waals surface area contributed by atoms with Gasteiger partial charge >= 0.3 is 6.03 Å². The van der Waals surface area contributed by atoms with Crippen molar-refractivity contribution in [2.24, 2.45) is 0 Å². The van der Waals surface area contributed by atoms with E-state index < -0.39 is 0 Å². The molecule has 176 valence electrons. The molecule has 1 atom stereocenters. The number of nitrogens with one attached hydrogen (secondary N) is 1. The molecule has 2 amide bonds. The predicted molar refractivity (Wildman–Crippen MR) is 136 cm³/mol. The van der Waals surface area contributed by atoms with Crippen LogP contribution in [-0.4, -0.2) is 41.5 Å². The molecule has 2 rings (SSSR count). The van der Waals surface area contributed by atoms with Gasteiger partial charge in [-0.3, -0.25) is 0 Å². The molecule has 4 heteroatoms. The molecule has 0 saturated heterocycles. The minimum absolute atomic E-state index is 0.00379. The van der Waals surface area contributed by atoms with E-state index in [-0.39, 0.29) is 17.5 Å². The summed E-state index contributed by atoms with van der Waals surface area (Å²) in [6, 6.07) is 19.0. The van der Waals surface area contributed by atoms with Crippen molar-refractivity contribution in [3.8, 4) is 0 Å². The SMILES string of the molecule is CCN(CC)CCCC(C)N(Cc1ccc(C(C)(C)C)cc1)C(=O)NCc1ccccc1. The molecule has 0 spiro atoms. The summed E-state index contributed by atoms with van der Waals surface area (Å²) >= 11 is 0. The first kappa shape index (κ1) is 25.9. The number of rotatable bonds is 11. The van der Waals surface area contributed by atoms with Crippen LogP contribution >= 0.6 is 0 Å². The van der Waals surface area contributed by atoms with Crippen molar-refractivity contribution >= 4 is 6.03 Å². The second-order valence-electron chi connectivity index (χ2n) is 9.74. The third-order valence-electron chi connectivity index (χ3n) is 6.24. The molecule has 0 aliphatic heterocycles. The van der Waals surface area contributed by atoms with Gasteiger partial charge in [0.15, 0.2) is 0 Å². The summed E-state index contributed by atoms with van der Waals surface area (Å²) in [4.78, 5) is 17.6. The maximum Gasteiger partial charge on any atom is 0.318 e. The lowest BCUT2D eigenvalue weighted by atomic mass is 9.87. The zero-order chi connectivity index (χ0) is 23.6. The molecule has 0 heterocycles. The van der Waals surface area contributed by atoms with E-state index in [4.69, 9.17) is 0 Å². The van der Waals surface area contributed by atoms with E-state index in [2.05, 4.69) is 76.0 Å². The maximum absolute atomic E-state index is 13.2. The lowest BCUT2D eigenvalue weighted by Gasteiger charge is -2.31. The highest BCUT2D eigenvalue weighted by Crippen LogP contribution is 2.23. The van der Waals surface area contributed by atoms with Crippen LogP contribution in [0.15, 0.2) is 54.6 Å². The molecule has 1 N–H and O–H groups in total. The van der Waals surface area contributed by atoms with Crippen LogP contribution in [0.4, 0.5) is 4.79 Å². The lowest BCUT2D eigenvalue weighted by Crippen LogP contribution is -2.44. The number of hydrogen-bond donors (Lipinski definition) is 1. The first-order chi connectivity index (χ1) is 15.2. The van der Waals surface area contributed by atoms with Gasteiger partial charge in [0.05, 0.1) is 0 Å². The molecule has 0 saturated carbocycles. The Bertz CT molecular complexity index is 792. The number of urea groups is 1. The van der Waals surface area contributed by atoms with Crippen LogP contribution in [0.25, 0.3) is 0 Å². The summed E-state index contributed by atoms with van der Waals surface area (Å²) in [5, 5.41) is 3.13. The van der Waals surface area contributed by atoms with Crippen LogP contribution in [0.5, 0.6) is 0 Å². The van der Waals surface area contributed by atoms with Crippen LogP contribution < -0.4 is 5.32 Å². The lowest BCUT2D eigenvalue weighted by molar-refractivity contribution is 0.167. The fourth-order valence-corrected chi connectivity index (χ4v) is 3.92. The van der Waals surface area contributed by atoms with Crippen molar-refractivity contribution in [1.82, 2.24) is 15.1 Å². The van der Waals surface area contributed by atoms with E-state index in [0.29, 0.717) is 13.1 Å². The number of amides is 2. The quantitative estimate of drug-likeness (QED) is 0.454. The van der Waals surface area contributed by atoms with Crippen molar-refractivity contribution in [2.45, 2.75) is 78.9 Å². The molecule has 4 nitrogen and oxygen atoms in total. The van der Waals surface area contributed by atoms with E-state index in [1.807, 2.05) is 35.2 Å². The number of nitrogens with zero attached hydrogens (tertiary/aromatic N) is 2. The Balaban J connectivity index is 2.07. The third-order valence-corrected chi connectivity index (χ3v) is 6.24. The molecule has 0 bridgehead atoms. The van der Waals surface area contributed by atoms with E-state index in [0.717, 1.165) is 38.0 Å². The Labute approximate surface area is 196 Å². The Kier molecular flexibility index (Phi) is 10.2. The molecule has 0 aliphatic rings. The van der Waals surface area contributed by atoms with Crippen molar-refractivity contribution in [1.29, 1.82) is 0 Å². The molecule has 0 aliphatic carbocycles. The Hall–Kier alpha value is -2.33. The van der Waals surface area contributed by atoms with Crippen molar-refractivity contribution < 1.29 is 4.79 Å². The highest BCUT2D eigenvalue weighted by molar-refractivity contribution is 5.74. The summed E-state index contributed by atoms with van der Waals surface area (Å²) in [5.74, 6) is 0. The monoisotopic (exact) mass is 437 g/mol. The first-order valence-corrected chi connectivity index (χ1v) is 12.1. The number of benzene rings is 2. The molecule has 0 fully saturated rings. The Morgan fingerprint density at radius 2 is 1.56 bits per heavy atom. The van der Waals surface area contributed by atoms with Gasteiger partial charge in [0.25, 0.3) is 0 Å². The summed E-state index contributed by atoms with van der Waals surface area (Å²) in [7, 11) is 0. The van der Waals surface area contributed by atoms with Crippen LogP contribution in [0.3, 0.4) is 0 Å². The van der Waals surface area contributed by atoms with Gasteiger partial charge in [-0.25, -0.2) is 4.79 Å². The first-order valence-electron chi connectivity index (χ1n) is 12.1. The zero-order valence-electron chi connectivity index (χ0n) is 21.0. The number of carbonyl (C=O) groups is 1.